The summed E-state index contributed by atoms with van der Waals surface area (Å²) in [5.41, 5.74) is 5.98. The van der Waals surface area contributed by atoms with Gasteiger partial charge in [0.15, 0.2) is 11.9 Å². The van der Waals surface area contributed by atoms with Gasteiger partial charge in [-0.3, -0.25) is 0 Å². The number of para-hydroxylation sites is 1. The van der Waals surface area contributed by atoms with Gasteiger partial charge in [0.05, 0.1) is 15.7 Å². The number of anilines is 1. The quantitative estimate of drug-likeness (QED) is 0.334. The van der Waals surface area contributed by atoms with Crippen molar-refractivity contribution in [2.75, 3.05) is 19.0 Å². The van der Waals surface area contributed by atoms with Crippen LogP contribution in [-0.2, 0) is 10.0 Å². The zero-order chi connectivity index (χ0) is 20.4. The number of aliphatic imine (C=N–C) groups is 1. The molecule has 142 valence electrons. The van der Waals surface area contributed by atoms with Crippen molar-refractivity contribution in [2.45, 2.75) is 4.90 Å². The van der Waals surface area contributed by atoms with Gasteiger partial charge in [-0.25, -0.2) is 22.6 Å². The SMILES string of the molecule is CN(C)S(=O)(=O)c1c(Cl)ccc(N(C#N)C(N)=Nc2ccccc2Cl)c1O. The Morgan fingerprint density at radius 3 is 2.37 bits per heavy atom. The first kappa shape index (κ1) is 20.8. The molecule has 2 aromatic carbocycles. The van der Waals surface area contributed by atoms with Crippen LogP contribution < -0.4 is 10.6 Å². The molecule has 0 radical (unpaired) electrons. The molecule has 2 aromatic rings. The molecular formula is C16H15Cl2N5O3S. The number of nitrogens with two attached hydrogens (primary N) is 1. The molecule has 0 fully saturated rings. The fourth-order valence-corrected chi connectivity index (χ4v) is 3.74. The predicted octanol–water partition coefficient (Wildman–Crippen LogP) is 2.88. The molecule has 0 aliphatic heterocycles. The van der Waals surface area contributed by atoms with Gasteiger partial charge in [0, 0.05) is 14.1 Å². The number of nitrogens with zero attached hydrogens (tertiary/aromatic N) is 4. The van der Waals surface area contributed by atoms with E-state index in [9.17, 15) is 18.8 Å². The Bertz CT molecular complexity index is 1050. The van der Waals surface area contributed by atoms with Gasteiger partial charge in [-0.15, -0.1) is 0 Å². The predicted molar refractivity (Wildman–Crippen MR) is 105 cm³/mol. The first-order valence-corrected chi connectivity index (χ1v) is 9.53. The van der Waals surface area contributed by atoms with Crippen LogP contribution in [0.5, 0.6) is 5.75 Å². The highest BCUT2D eigenvalue weighted by atomic mass is 35.5. The summed E-state index contributed by atoms with van der Waals surface area (Å²) in [6.07, 6.45) is 1.75. The van der Waals surface area contributed by atoms with Crippen LogP contribution >= 0.6 is 23.2 Å². The molecule has 2 rings (SSSR count). The first-order valence-electron chi connectivity index (χ1n) is 7.33. The van der Waals surface area contributed by atoms with Crippen molar-refractivity contribution in [3.8, 4) is 11.9 Å². The van der Waals surface area contributed by atoms with Crippen LogP contribution in [0.4, 0.5) is 11.4 Å². The monoisotopic (exact) mass is 427 g/mol. The lowest BCUT2D eigenvalue weighted by Crippen LogP contribution is -2.33. The van der Waals surface area contributed by atoms with Crippen molar-refractivity contribution in [2.24, 2.45) is 10.7 Å². The van der Waals surface area contributed by atoms with E-state index in [1.165, 1.54) is 26.2 Å². The molecule has 0 saturated heterocycles. The van der Waals surface area contributed by atoms with E-state index >= 15 is 0 Å². The topological polar surface area (TPSA) is 123 Å². The molecule has 0 aliphatic carbocycles. The van der Waals surface area contributed by atoms with Crippen molar-refractivity contribution in [1.82, 2.24) is 4.31 Å². The van der Waals surface area contributed by atoms with Gasteiger partial charge in [0.1, 0.15) is 10.6 Å². The minimum Gasteiger partial charge on any atom is -0.504 e. The minimum absolute atomic E-state index is 0.198. The number of guanidine groups is 1. The average Bonchev–Trinajstić information content (AvgIpc) is 2.59. The van der Waals surface area contributed by atoms with Crippen molar-refractivity contribution in [3.05, 3.63) is 46.4 Å². The van der Waals surface area contributed by atoms with Gasteiger partial charge < -0.3 is 10.8 Å². The van der Waals surface area contributed by atoms with Crippen molar-refractivity contribution in [1.29, 1.82) is 5.26 Å². The Kier molecular flexibility index (Phi) is 6.18. The highest BCUT2D eigenvalue weighted by molar-refractivity contribution is 7.89. The molecular weight excluding hydrogens is 413 g/mol. The maximum absolute atomic E-state index is 12.4. The third-order valence-electron chi connectivity index (χ3n) is 3.46. The molecule has 8 nitrogen and oxygen atoms in total. The normalized spacial score (nSPS) is 12.1. The van der Waals surface area contributed by atoms with Crippen LogP contribution in [0.25, 0.3) is 0 Å². The van der Waals surface area contributed by atoms with E-state index in [4.69, 9.17) is 28.9 Å². The highest BCUT2D eigenvalue weighted by Crippen LogP contribution is 2.39. The third kappa shape index (κ3) is 4.09. The molecule has 0 saturated carbocycles. The van der Waals surface area contributed by atoms with Crippen molar-refractivity contribution >= 4 is 50.6 Å². The Hall–Kier alpha value is -2.51. The van der Waals surface area contributed by atoms with Crippen molar-refractivity contribution < 1.29 is 13.5 Å². The Balaban J connectivity index is 2.63. The summed E-state index contributed by atoms with van der Waals surface area (Å²) < 4.78 is 25.8. The van der Waals surface area contributed by atoms with Gasteiger partial charge in [0.25, 0.3) is 0 Å². The molecule has 3 N–H and O–H groups in total. The molecule has 0 heterocycles. The molecule has 0 amide bonds. The summed E-state index contributed by atoms with van der Waals surface area (Å²) in [5, 5.41) is 20.1. The van der Waals surface area contributed by atoms with Gasteiger partial charge in [-0.1, -0.05) is 35.3 Å². The Labute approximate surface area is 166 Å². The van der Waals surface area contributed by atoms with Crippen LogP contribution in [0.3, 0.4) is 0 Å². The fourth-order valence-electron chi connectivity index (χ4n) is 2.09. The lowest BCUT2D eigenvalue weighted by atomic mass is 10.2. The highest BCUT2D eigenvalue weighted by Gasteiger charge is 2.29. The van der Waals surface area contributed by atoms with Crippen LogP contribution in [0.15, 0.2) is 46.3 Å². The number of nitriles is 1. The van der Waals surface area contributed by atoms with E-state index in [1.807, 2.05) is 0 Å². The lowest BCUT2D eigenvalue weighted by Gasteiger charge is -2.20. The summed E-state index contributed by atoms with van der Waals surface area (Å²) in [7, 11) is -1.51. The number of halogens is 2. The summed E-state index contributed by atoms with van der Waals surface area (Å²) in [5.74, 6) is -1.05. The van der Waals surface area contributed by atoms with E-state index in [0.717, 1.165) is 9.21 Å². The van der Waals surface area contributed by atoms with E-state index in [1.54, 1.807) is 30.5 Å². The number of benzene rings is 2. The van der Waals surface area contributed by atoms with Crippen LogP contribution in [-0.4, -0.2) is 37.9 Å². The average molecular weight is 428 g/mol. The fraction of sp³-hybridized carbons (Fsp3) is 0.125. The summed E-state index contributed by atoms with van der Waals surface area (Å²) in [4.78, 5) is 4.28. The van der Waals surface area contributed by atoms with E-state index in [-0.39, 0.29) is 16.7 Å². The number of hydrogen-bond donors (Lipinski definition) is 2. The molecule has 27 heavy (non-hydrogen) atoms. The second kappa shape index (κ2) is 8.02. The van der Waals surface area contributed by atoms with Crippen LogP contribution in [0.2, 0.25) is 10.0 Å². The molecule has 0 aliphatic rings. The summed E-state index contributed by atoms with van der Waals surface area (Å²) in [6.45, 7) is 0. The van der Waals surface area contributed by atoms with Crippen molar-refractivity contribution in [3.63, 3.8) is 0 Å². The standard InChI is InChI=1S/C16H15Cl2N5O3S/c1-22(2)27(25,26)15-11(18)7-8-13(14(15)24)23(9-19)16(20)21-12-6-4-3-5-10(12)17/h3-8,24H,1-2H3,(H2,20,21). The lowest BCUT2D eigenvalue weighted by molar-refractivity contribution is 0.454. The molecule has 0 spiro atoms. The third-order valence-corrected chi connectivity index (χ3v) is 6.10. The Morgan fingerprint density at radius 2 is 1.81 bits per heavy atom. The van der Waals surface area contributed by atoms with Gasteiger partial charge in [0.2, 0.25) is 16.0 Å². The van der Waals surface area contributed by atoms with Crippen LogP contribution in [0, 0.1) is 11.5 Å². The minimum atomic E-state index is -4.08. The summed E-state index contributed by atoms with van der Waals surface area (Å²) >= 11 is 12.0. The maximum Gasteiger partial charge on any atom is 0.247 e. The van der Waals surface area contributed by atoms with E-state index in [2.05, 4.69) is 4.99 Å². The number of phenolic OH excluding ortho intramolecular Hbond substituents is 1. The van der Waals surface area contributed by atoms with E-state index < -0.39 is 20.7 Å². The second-order valence-electron chi connectivity index (χ2n) is 5.39. The zero-order valence-electron chi connectivity index (χ0n) is 14.3. The second-order valence-corrected chi connectivity index (χ2v) is 8.29. The number of sulfonamides is 1. The number of rotatable bonds is 4. The maximum atomic E-state index is 12.4. The van der Waals surface area contributed by atoms with Crippen LogP contribution in [0.1, 0.15) is 0 Å². The molecule has 11 heteroatoms. The number of aromatic hydroxyl groups is 1. The number of hydrogen-bond acceptors (Lipinski definition) is 5. The molecule has 0 aromatic heterocycles. The first-order chi connectivity index (χ1) is 12.6. The van der Waals surface area contributed by atoms with Gasteiger partial charge in [-0.05, 0) is 24.3 Å². The molecule has 0 atom stereocenters. The van der Waals surface area contributed by atoms with Gasteiger partial charge in [-0.2, -0.15) is 5.26 Å². The smallest absolute Gasteiger partial charge is 0.247 e. The van der Waals surface area contributed by atoms with E-state index in [0.29, 0.717) is 10.7 Å². The summed E-state index contributed by atoms with van der Waals surface area (Å²) in [6, 6.07) is 9.03. The molecule has 0 bridgehead atoms. The molecule has 0 unspecified atom stereocenters. The van der Waals surface area contributed by atoms with Gasteiger partial charge >= 0.3 is 0 Å². The Morgan fingerprint density at radius 1 is 1.19 bits per heavy atom. The number of phenols is 1. The largest absolute Gasteiger partial charge is 0.504 e. The zero-order valence-corrected chi connectivity index (χ0v) is 16.6.